The van der Waals surface area contributed by atoms with Gasteiger partial charge in [-0.25, -0.2) is 4.99 Å². The van der Waals surface area contributed by atoms with Crippen molar-refractivity contribution in [3.63, 3.8) is 0 Å². The molecule has 2 rings (SSSR count). The van der Waals surface area contributed by atoms with Gasteiger partial charge in [0, 0.05) is 24.9 Å². The molecule has 0 radical (unpaired) electrons. The summed E-state index contributed by atoms with van der Waals surface area (Å²) in [6, 6.07) is 0. The third-order valence-electron chi connectivity index (χ3n) is 4.31. The molecular formula is C16H30N6S2. The summed E-state index contributed by atoms with van der Waals surface area (Å²) in [4.78, 5) is 4.71. The highest BCUT2D eigenvalue weighted by Gasteiger charge is 2.29. The van der Waals surface area contributed by atoms with E-state index < -0.39 is 0 Å². The quantitative estimate of drug-likeness (QED) is 0.415. The lowest BCUT2D eigenvalue weighted by Gasteiger charge is -2.24. The van der Waals surface area contributed by atoms with Crippen molar-refractivity contribution < 1.29 is 0 Å². The number of aryl methyl sites for hydroxylation is 1. The number of hydrogen-bond acceptors (Lipinski definition) is 5. The molecule has 2 heterocycles. The predicted octanol–water partition coefficient (Wildman–Crippen LogP) is 2.20. The molecule has 1 atom stereocenters. The predicted molar refractivity (Wildman–Crippen MR) is 106 cm³/mol. The van der Waals surface area contributed by atoms with E-state index in [4.69, 9.17) is 4.99 Å². The average molecular weight is 371 g/mol. The molecule has 0 aliphatic carbocycles. The Bertz CT molecular complexity index is 537. The van der Waals surface area contributed by atoms with Crippen LogP contribution >= 0.6 is 23.5 Å². The second-order valence-electron chi connectivity index (χ2n) is 6.42. The van der Waals surface area contributed by atoms with Gasteiger partial charge < -0.3 is 15.2 Å². The van der Waals surface area contributed by atoms with Crippen LogP contribution in [-0.4, -0.2) is 56.3 Å². The van der Waals surface area contributed by atoms with Crippen molar-refractivity contribution in [3.8, 4) is 0 Å². The van der Waals surface area contributed by atoms with Gasteiger partial charge in [-0.05, 0) is 50.9 Å². The molecule has 0 amide bonds. The topological polar surface area (TPSA) is 67.1 Å². The van der Waals surface area contributed by atoms with Crippen LogP contribution < -0.4 is 10.6 Å². The third kappa shape index (κ3) is 5.88. The van der Waals surface area contributed by atoms with Crippen molar-refractivity contribution >= 4 is 29.5 Å². The Morgan fingerprint density at radius 1 is 1.42 bits per heavy atom. The molecule has 1 unspecified atom stereocenters. The van der Waals surface area contributed by atoms with E-state index in [1.807, 2.05) is 30.3 Å². The van der Waals surface area contributed by atoms with E-state index in [9.17, 15) is 0 Å². The van der Waals surface area contributed by atoms with Crippen LogP contribution in [-0.2, 0) is 13.6 Å². The Morgan fingerprint density at radius 3 is 2.88 bits per heavy atom. The van der Waals surface area contributed by atoms with Crippen molar-refractivity contribution in [2.75, 3.05) is 30.9 Å². The lowest BCUT2D eigenvalue weighted by Crippen LogP contribution is -2.44. The van der Waals surface area contributed by atoms with Crippen LogP contribution in [0.1, 0.15) is 37.8 Å². The van der Waals surface area contributed by atoms with Crippen molar-refractivity contribution in [2.24, 2.45) is 12.0 Å². The summed E-state index contributed by atoms with van der Waals surface area (Å²) in [6.45, 7) is 6.73. The van der Waals surface area contributed by atoms with Gasteiger partial charge in [-0.3, -0.25) is 0 Å². The monoisotopic (exact) mass is 370 g/mol. The van der Waals surface area contributed by atoms with E-state index in [0.29, 0.717) is 11.3 Å². The van der Waals surface area contributed by atoms with Gasteiger partial charge >= 0.3 is 0 Å². The number of aromatic nitrogens is 3. The molecule has 2 N–H and O–H groups in total. The molecule has 1 aromatic heterocycles. The second kappa shape index (κ2) is 9.56. The smallest absolute Gasteiger partial charge is 0.191 e. The average Bonchev–Trinajstić information content (AvgIpc) is 3.14. The number of thioether (sulfide) groups is 2. The molecule has 0 aromatic carbocycles. The molecule has 0 saturated carbocycles. The van der Waals surface area contributed by atoms with E-state index in [2.05, 4.69) is 45.8 Å². The maximum Gasteiger partial charge on any atom is 0.191 e. The highest BCUT2D eigenvalue weighted by atomic mass is 32.2. The molecule has 1 aliphatic heterocycles. The van der Waals surface area contributed by atoms with Crippen LogP contribution in [0.5, 0.6) is 0 Å². The first-order chi connectivity index (χ1) is 11.5. The van der Waals surface area contributed by atoms with Crippen LogP contribution in [0.4, 0.5) is 0 Å². The zero-order valence-corrected chi connectivity index (χ0v) is 16.9. The lowest BCUT2D eigenvalue weighted by molar-refractivity contribution is 0.583. The lowest BCUT2D eigenvalue weighted by atomic mass is 10.1. The molecule has 0 spiro atoms. The van der Waals surface area contributed by atoms with E-state index in [0.717, 1.165) is 42.9 Å². The fourth-order valence-electron chi connectivity index (χ4n) is 2.58. The van der Waals surface area contributed by atoms with Gasteiger partial charge in [0.05, 0.1) is 0 Å². The first-order valence-electron chi connectivity index (χ1n) is 8.54. The molecule has 1 saturated heterocycles. The van der Waals surface area contributed by atoms with Crippen LogP contribution in [0.3, 0.4) is 0 Å². The summed E-state index contributed by atoms with van der Waals surface area (Å²) >= 11 is 3.94. The first kappa shape index (κ1) is 19.4. The summed E-state index contributed by atoms with van der Waals surface area (Å²) in [7, 11) is 1.98. The minimum Gasteiger partial charge on any atom is -0.356 e. The van der Waals surface area contributed by atoms with Gasteiger partial charge in [-0.15, -0.1) is 10.2 Å². The summed E-state index contributed by atoms with van der Waals surface area (Å²) in [6.07, 6.45) is 5.86. The van der Waals surface area contributed by atoms with Crippen LogP contribution in [0.25, 0.3) is 0 Å². The van der Waals surface area contributed by atoms with Crippen molar-refractivity contribution in [1.29, 1.82) is 0 Å². The van der Waals surface area contributed by atoms with Gasteiger partial charge in [-0.1, -0.05) is 0 Å². The van der Waals surface area contributed by atoms with Crippen LogP contribution in [0, 0.1) is 6.92 Å². The number of nitrogens with one attached hydrogen (secondary N) is 2. The number of hydrogen-bond donors (Lipinski definition) is 2. The molecule has 136 valence electrons. The summed E-state index contributed by atoms with van der Waals surface area (Å²) in [5.41, 5.74) is 0. The molecule has 8 heteroatoms. The highest BCUT2D eigenvalue weighted by Crippen LogP contribution is 2.36. The third-order valence-corrected chi connectivity index (χ3v) is 6.54. The maximum atomic E-state index is 4.71. The van der Waals surface area contributed by atoms with Crippen LogP contribution in [0.2, 0.25) is 0 Å². The van der Waals surface area contributed by atoms with E-state index in [1.54, 1.807) is 0 Å². The Balaban J connectivity index is 1.92. The molecule has 1 aliphatic rings. The number of nitrogens with zero attached hydrogens (tertiary/aromatic N) is 4. The Hall–Kier alpha value is -0.890. The Morgan fingerprint density at radius 2 is 2.25 bits per heavy atom. The number of rotatable bonds is 8. The minimum atomic E-state index is 0.323. The van der Waals surface area contributed by atoms with Gasteiger partial charge in [0.25, 0.3) is 0 Å². The minimum absolute atomic E-state index is 0.323. The Labute approximate surface area is 154 Å². The molecular weight excluding hydrogens is 340 g/mol. The maximum absolute atomic E-state index is 4.71. The normalized spacial score (nSPS) is 21.2. The molecule has 1 fully saturated rings. The van der Waals surface area contributed by atoms with E-state index >= 15 is 0 Å². The second-order valence-corrected chi connectivity index (χ2v) is 9.08. The zero-order chi connectivity index (χ0) is 17.4. The van der Waals surface area contributed by atoms with E-state index in [-0.39, 0.29) is 0 Å². The van der Waals surface area contributed by atoms with Gasteiger partial charge in [0.15, 0.2) is 11.8 Å². The van der Waals surface area contributed by atoms with Crippen LogP contribution in [0.15, 0.2) is 4.99 Å². The first-order valence-corrected chi connectivity index (χ1v) is 10.9. The van der Waals surface area contributed by atoms with Gasteiger partial charge in [0.1, 0.15) is 12.4 Å². The molecule has 6 nitrogen and oxygen atoms in total. The fraction of sp³-hybridized carbons (Fsp3) is 0.812. The fourth-order valence-corrected chi connectivity index (χ4v) is 4.26. The van der Waals surface area contributed by atoms with Gasteiger partial charge in [0.2, 0.25) is 0 Å². The van der Waals surface area contributed by atoms with Crippen molar-refractivity contribution in [1.82, 2.24) is 25.4 Å². The summed E-state index contributed by atoms with van der Waals surface area (Å²) < 4.78 is 2.31. The van der Waals surface area contributed by atoms with Crippen molar-refractivity contribution in [3.05, 3.63) is 11.6 Å². The molecule has 0 bridgehead atoms. The number of aliphatic imine (C=N–C) groups is 1. The number of guanidine groups is 1. The van der Waals surface area contributed by atoms with E-state index in [1.165, 1.54) is 18.6 Å². The standard InChI is InChI=1S/C16H30N6S2/c1-13-20-21-14(22(13)3)11-18-15(17-8-6-9-23-4)19-12-16(2)7-5-10-24-16/h5-12H2,1-4H3,(H2,17,18,19). The summed E-state index contributed by atoms with van der Waals surface area (Å²) in [5.74, 6) is 5.11. The molecule has 1 aromatic rings. The van der Waals surface area contributed by atoms with Crippen molar-refractivity contribution in [2.45, 2.75) is 44.4 Å². The SMILES string of the molecule is CSCCCNC(=NCc1nnc(C)n1C)NCC1(C)CCCS1. The summed E-state index contributed by atoms with van der Waals surface area (Å²) in [5, 5.41) is 15.3. The Kier molecular flexibility index (Phi) is 7.74. The highest BCUT2D eigenvalue weighted by molar-refractivity contribution is 8.00. The molecule has 24 heavy (non-hydrogen) atoms. The van der Waals surface area contributed by atoms with Gasteiger partial charge in [-0.2, -0.15) is 23.5 Å². The largest absolute Gasteiger partial charge is 0.356 e. The zero-order valence-electron chi connectivity index (χ0n) is 15.3.